The summed E-state index contributed by atoms with van der Waals surface area (Å²) in [5, 5.41) is 3.42. The predicted molar refractivity (Wildman–Crippen MR) is 208 cm³/mol. The number of thiophene rings is 1. The standard InChI is InChI=1S/C45H31F2N3S/c1-2-36-43(27-9-5-3-6-10-27)49-45(28-11-7-4-8-12-28)50-44(36)32-14-18-38-37-17-13-30(24-41(37)51-42(38)25-32)29-15-19-39-31(21-29)16-20-40(48-39)33-22-34(46)26-35(47)23-33/h3-26,36,43H,2H2,1H3. The van der Waals surface area contributed by atoms with Crippen molar-refractivity contribution >= 4 is 54.0 Å². The molecule has 0 spiro atoms. The zero-order valence-electron chi connectivity index (χ0n) is 27.7. The molecule has 0 aliphatic carbocycles. The lowest BCUT2D eigenvalue weighted by Gasteiger charge is -2.30. The molecule has 0 saturated heterocycles. The molecule has 9 rings (SSSR count). The Balaban J connectivity index is 1.08. The van der Waals surface area contributed by atoms with E-state index in [0.29, 0.717) is 11.3 Å². The molecule has 246 valence electrons. The Morgan fingerprint density at radius 1 is 0.588 bits per heavy atom. The highest BCUT2D eigenvalue weighted by Gasteiger charge is 2.32. The smallest absolute Gasteiger partial charge is 0.155 e. The second-order valence-electron chi connectivity index (χ2n) is 13.0. The monoisotopic (exact) mass is 683 g/mol. The number of aliphatic imine (C=N–C) groups is 2. The summed E-state index contributed by atoms with van der Waals surface area (Å²) in [6, 6.07) is 47.6. The van der Waals surface area contributed by atoms with Gasteiger partial charge in [0.15, 0.2) is 5.84 Å². The topological polar surface area (TPSA) is 37.6 Å². The summed E-state index contributed by atoms with van der Waals surface area (Å²) < 4.78 is 30.1. The second-order valence-corrected chi connectivity index (χ2v) is 14.1. The maximum absolute atomic E-state index is 13.9. The van der Waals surface area contributed by atoms with E-state index in [-0.39, 0.29) is 12.0 Å². The summed E-state index contributed by atoms with van der Waals surface area (Å²) in [6.45, 7) is 2.23. The van der Waals surface area contributed by atoms with Crippen molar-refractivity contribution in [3.05, 3.63) is 174 Å². The summed E-state index contributed by atoms with van der Waals surface area (Å²) in [4.78, 5) is 15.2. The number of hydrogen-bond acceptors (Lipinski definition) is 4. The van der Waals surface area contributed by atoms with Gasteiger partial charge < -0.3 is 0 Å². The Morgan fingerprint density at radius 2 is 1.24 bits per heavy atom. The van der Waals surface area contributed by atoms with Gasteiger partial charge in [0.2, 0.25) is 0 Å². The van der Waals surface area contributed by atoms with Crippen LogP contribution in [-0.2, 0) is 0 Å². The first-order valence-corrected chi connectivity index (χ1v) is 17.9. The van der Waals surface area contributed by atoms with Crippen molar-refractivity contribution in [3.8, 4) is 22.4 Å². The molecule has 6 heteroatoms. The van der Waals surface area contributed by atoms with Crippen molar-refractivity contribution in [1.29, 1.82) is 0 Å². The number of pyridine rings is 1. The first-order chi connectivity index (χ1) is 25.0. The van der Waals surface area contributed by atoms with Gasteiger partial charge in [0.1, 0.15) is 11.6 Å². The van der Waals surface area contributed by atoms with Gasteiger partial charge in [-0.05, 0) is 71.1 Å². The van der Waals surface area contributed by atoms with Crippen LogP contribution in [0.15, 0.2) is 156 Å². The molecule has 3 nitrogen and oxygen atoms in total. The number of aromatic nitrogens is 1. The molecule has 0 N–H and O–H groups in total. The molecule has 3 heterocycles. The van der Waals surface area contributed by atoms with Crippen molar-refractivity contribution < 1.29 is 8.78 Å². The van der Waals surface area contributed by atoms with E-state index in [4.69, 9.17) is 15.0 Å². The van der Waals surface area contributed by atoms with E-state index in [1.54, 1.807) is 11.3 Å². The quantitative estimate of drug-likeness (QED) is 0.172. The van der Waals surface area contributed by atoms with Crippen LogP contribution >= 0.6 is 11.3 Å². The van der Waals surface area contributed by atoms with Crippen LogP contribution in [0, 0.1) is 17.6 Å². The lowest BCUT2D eigenvalue weighted by Crippen LogP contribution is -2.28. The van der Waals surface area contributed by atoms with E-state index in [1.165, 1.54) is 37.9 Å². The molecular formula is C45H31F2N3S. The number of halogens is 2. The highest BCUT2D eigenvalue weighted by molar-refractivity contribution is 7.25. The Labute approximate surface area is 298 Å². The molecule has 0 radical (unpaired) electrons. The lowest BCUT2D eigenvalue weighted by atomic mass is 9.83. The van der Waals surface area contributed by atoms with Crippen LogP contribution in [0.25, 0.3) is 53.5 Å². The summed E-state index contributed by atoms with van der Waals surface area (Å²) in [5.41, 5.74) is 8.34. The molecule has 2 unspecified atom stereocenters. The van der Waals surface area contributed by atoms with Crippen molar-refractivity contribution in [2.24, 2.45) is 15.9 Å². The van der Waals surface area contributed by atoms with Crippen LogP contribution in [0.3, 0.4) is 0 Å². The molecule has 1 aliphatic heterocycles. The van der Waals surface area contributed by atoms with Gasteiger partial charge in [-0.15, -0.1) is 11.3 Å². The summed E-state index contributed by atoms with van der Waals surface area (Å²) in [5.74, 6) is -0.320. The average molecular weight is 684 g/mol. The Morgan fingerprint density at radius 3 is 1.96 bits per heavy atom. The van der Waals surface area contributed by atoms with Crippen molar-refractivity contribution in [1.82, 2.24) is 4.98 Å². The molecule has 6 aromatic carbocycles. The van der Waals surface area contributed by atoms with Gasteiger partial charge in [0, 0.05) is 48.7 Å². The van der Waals surface area contributed by atoms with Crippen LogP contribution in [0.5, 0.6) is 0 Å². The number of amidine groups is 1. The number of hydrogen-bond donors (Lipinski definition) is 0. The molecule has 2 aromatic heterocycles. The van der Waals surface area contributed by atoms with Crippen LogP contribution in [0.2, 0.25) is 0 Å². The minimum atomic E-state index is -0.619. The van der Waals surface area contributed by atoms with Gasteiger partial charge in [-0.3, -0.25) is 4.99 Å². The molecule has 0 bridgehead atoms. The minimum Gasteiger partial charge on any atom is -0.257 e. The number of benzene rings is 6. The predicted octanol–water partition coefficient (Wildman–Crippen LogP) is 12.2. The Hall–Kier alpha value is -5.85. The van der Waals surface area contributed by atoms with E-state index in [1.807, 2.05) is 36.4 Å². The molecule has 51 heavy (non-hydrogen) atoms. The Bertz CT molecular complexity index is 2640. The van der Waals surface area contributed by atoms with Crippen molar-refractivity contribution in [3.63, 3.8) is 0 Å². The van der Waals surface area contributed by atoms with E-state index in [2.05, 4.69) is 97.9 Å². The van der Waals surface area contributed by atoms with Gasteiger partial charge in [-0.1, -0.05) is 104 Å². The van der Waals surface area contributed by atoms with Crippen LogP contribution in [-0.4, -0.2) is 16.5 Å². The van der Waals surface area contributed by atoms with Crippen molar-refractivity contribution in [2.75, 3.05) is 0 Å². The summed E-state index contributed by atoms with van der Waals surface area (Å²) in [6.07, 6.45) is 0.920. The van der Waals surface area contributed by atoms with Gasteiger partial charge in [-0.2, -0.15) is 0 Å². The SMILES string of the molecule is CCC1C(c2ccc3c(c2)sc2cc(-c4ccc5nc(-c6cc(F)cc(F)c6)ccc5c4)ccc23)=NC(c2ccccc2)=NC1c1ccccc1. The van der Waals surface area contributed by atoms with Gasteiger partial charge in [0.25, 0.3) is 0 Å². The third-order valence-electron chi connectivity index (χ3n) is 9.78. The summed E-state index contributed by atoms with van der Waals surface area (Å²) >= 11 is 1.80. The van der Waals surface area contributed by atoms with Gasteiger partial charge in [-0.25, -0.2) is 18.8 Å². The fourth-order valence-corrected chi connectivity index (χ4v) is 8.44. The van der Waals surface area contributed by atoms with Gasteiger partial charge >= 0.3 is 0 Å². The average Bonchev–Trinajstić information content (AvgIpc) is 3.54. The third kappa shape index (κ3) is 5.81. The van der Waals surface area contributed by atoms with Crippen LogP contribution in [0.4, 0.5) is 8.78 Å². The lowest BCUT2D eigenvalue weighted by molar-refractivity contribution is 0.532. The van der Waals surface area contributed by atoms with Gasteiger partial charge in [0.05, 0.1) is 23.0 Å². The fraction of sp³-hybridized carbons (Fsp3) is 0.0889. The highest BCUT2D eigenvalue weighted by atomic mass is 32.1. The molecule has 2 atom stereocenters. The molecule has 0 fully saturated rings. The van der Waals surface area contributed by atoms with Crippen LogP contribution in [0.1, 0.15) is 36.1 Å². The van der Waals surface area contributed by atoms with E-state index in [9.17, 15) is 8.78 Å². The van der Waals surface area contributed by atoms with Crippen molar-refractivity contribution in [2.45, 2.75) is 19.4 Å². The summed E-state index contributed by atoms with van der Waals surface area (Å²) in [7, 11) is 0. The normalized spacial score (nSPS) is 16.1. The maximum Gasteiger partial charge on any atom is 0.155 e. The Kier molecular flexibility index (Phi) is 7.82. The molecule has 1 aliphatic rings. The fourth-order valence-electron chi connectivity index (χ4n) is 7.26. The largest absolute Gasteiger partial charge is 0.257 e. The zero-order chi connectivity index (χ0) is 34.5. The number of rotatable bonds is 6. The first kappa shape index (κ1) is 31.2. The third-order valence-corrected chi connectivity index (χ3v) is 10.9. The second kappa shape index (κ2) is 12.8. The minimum absolute atomic E-state index is 0.0207. The number of nitrogens with zero attached hydrogens (tertiary/aromatic N) is 3. The highest BCUT2D eigenvalue weighted by Crippen LogP contribution is 2.40. The molecule has 0 saturated carbocycles. The van der Waals surface area contributed by atoms with E-state index < -0.39 is 11.6 Å². The van der Waals surface area contributed by atoms with E-state index >= 15 is 0 Å². The van der Waals surface area contributed by atoms with E-state index in [0.717, 1.165) is 57.2 Å². The molecule has 8 aromatic rings. The molecular weight excluding hydrogens is 653 g/mol. The maximum atomic E-state index is 13.9. The zero-order valence-corrected chi connectivity index (χ0v) is 28.5. The van der Waals surface area contributed by atoms with Crippen LogP contribution < -0.4 is 0 Å². The number of fused-ring (bicyclic) bond motifs is 4. The molecule has 0 amide bonds. The first-order valence-electron chi connectivity index (χ1n) is 17.1.